The van der Waals surface area contributed by atoms with Crippen molar-refractivity contribution in [1.82, 2.24) is 19.8 Å². The Kier molecular flexibility index (Phi) is 10.5. The normalized spacial score (nSPS) is 17.5. The lowest BCUT2D eigenvalue weighted by molar-refractivity contribution is -0.105. The molecular weight excluding hydrogens is 490 g/mol. The summed E-state index contributed by atoms with van der Waals surface area (Å²) in [5, 5.41) is 3.74. The third kappa shape index (κ3) is 8.63. The molecule has 0 saturated carbocycles. The van der Waals surface area contributed by atoms with Crippen LogP contribution < -0.4 is 14.8 Å². The summed E-state index contributed by atoms with van der Waals surface area (Å²) >= 11 is 0. The molecule has 5 rings (SSSR count). The number of likely N-dealkylation sites (tertiary alicyclic amines) is 2. The molecule has 0 spiro atoms. The van der Waals surface area contributed by atoms with Crippen LogP contribution >= 0.6 is 0 Å². The maximum Gasteiger partial charge on any atom is 0.211 e. The predicted molar refractivity (Wildman–Crippen MR) is 157 cm³/mol. The van der Waals surface area contributed by atoms with Crippen molar-refractivity contribution in [3.05, 3.63) is 54.5 Å². The zero-order valence-electron chi connectivity index (χ0n) is 23.8. The number of benzene rings is 2. The number of carbonyl (C=O) groups excluding carboxylic acids is 1. The first-order valence-electron chi connectivity index (χ1n) is 14.1. The molecule has 2 aliphatic rings. The fraction of sp³-hybridized carbons (Fsp3) is 0.516. The molecule has 0 radical (unpaired) electrons. The average Bonchev–Trinajstić information content (AvgIpc) is 2.94. The highest BCUT2D eigenvalue weighted by Gasteiger charge is 2.22. The molecule has 8 heteroatoms. The van der Waals surface area contributed by atoms with Gasteiger partial charge in [0.05, 0.1) is 23.9 Å². The maximum absolute atomic E-state index is 10.1. The summed E-state index contributed by atoms with van der Waals surface area (Å²) in [5.74, 6) is 2.96. The first-order valence-corrected chi connectivity index (χ1v) is 14.1. The monoisotopic (exact) mass is 533 g/mol. The number of piperidine rings is 2. The molecule has 8 nitrogen and oxygen atoms in total. The van der Waals surface area contributed by atoms with Gasteiger partial charge in [-0.3, -0.25) is 4.79 Å². The van der Waals surface area contributed by atoms with Crippen molar-refractivity contribution < 1.29 is 14.3 Å². The highest BCUT2D eigenvalue weighted by Crippen LogP contribution is 2.32. The Balaban J connectivity index is 0.000000229. The van der Waals surface area contributed by atoms with Gasteiger partial charge in [-0.2, -0.15) is 0 Å². The number of amides is 1. The molecule has 0 unspecified atom stereocenters. The molecule has 2 aromatic carbocycles. The minimum Gasteiger partial charge on any atom is -0.493 e. The number of aromatic nitrogens is 2. The highest BCUT2D eigenvalue weighted by atomic mass is 16.5. The lowest BCUT2D eigenvalue weighted by atomic mass is 9.91. The topological polar surface area (TPSA) is 79.8 Å². The van der Waals surface area contributed by atoms with E-state index in [-0.39, 0.29) is 6.10 Å². The van der Waals surface area contributed by atoms with Gasteiger partial charge >= 0.3 is 0 Å². The van der Waals surface area contributed by atoms with Gasteiger partial charge in [0.15, 0.2) is 0 Å². The van der Waals surface area contributed by atoms with Gasteiger partial charge in [0, 0.05) is 23.1 Å². The number of anilines is 1. The zero-order chi connectivity index (χ0) is 27.6. The van der Waals surface area contributed by atoms with Crippen LogP contribution in [-0.2, 0) is 4.79 Å². The number of fused-ring (bicyclic) bond motifs is 1. The van der Waals surface area contributed by atoms with Crippen LogP contribution in [0, 0.1) is 5.92 Å². The Morgan fingerprint density at radius 3 is 2.21 bits per heavy atom. The quantitative estimate of drug-likeness (QED) is 0.399. The van der Waals surface area contributed by atoms with Crippen molar-refractivity contribution >= 4 is 23.0 Å². The number of hydrogen-bond donors (Lipinski definition) is 1. The molecule has 2 aliphatic heterocycles. The molecule has 1 N–H and O–H groups in total. The SMILES string of the molecule is CC(C)Oc1ccc(NC=O)cc1.CN1CCC(COc2ccc3c(C4CCN(C)CC4)ncnc3c2)CC1. The van der Waals surface area contributed by atoms with E-state index in [2.05, 4.69) is 57.4 Å². The molecule has 39 heavy (non-hydrogen) atoms. The van der Waals surface area contributed by atoms with E-state index in [0.29, 0.717) is 18.2 Å². The standard InChI is InChI=1S/C21H30N4O.C10H13NO2/c1-24-9-5-16(6-10-24)14-26-18-3-4-19-20(13-18)22-15-23-21(19)17-7-11-25(2)12-8-17;1-8(2)13-10-5-3-9(4-6-10)11-7-12/h3-4,13,15-17H,5-12,14H2,1-2H3;3-8H,1-2H3,(H,11,12). The number of rotatable bonds is 8. The Labute approximate surface area is 232 Å². The van der Waals surface area contributed by atoms with Crippen LogP contribution in [0.5, 0.6) is 11.5 Å². The minimum absolute atomic E-state index is 0.171. The third-order valence-corrected chi connectivity index (χ3v) is 7.52. The molecular formula is C31H43N5O3. The largest absolute Gasteiger partial charge is 0.493 e. The van der Waals surface area contributed by atoms with E-state index in [1.54, 1.807) is 18.5 Å². The number of hydrogen-bond acceptors (Lipinski definition) is 7. The molecule has 2 fully saturated rings. The van der Waals surface area contributed by atoms with E-state index in [1.807, 2.05) is 26.0 Å². The van der Waals surface area contributed by atoms with E-state index in [4.69, 9.17) is 9.47 Å². The molecule has 1 aromatic heterocycles. The van der Waals surface area contributed by atoms with Crippen LogP contribution in [0.4, 0.5) is 5.69 Å². The second kappa shape index (κ2) is 14.2. The number of nitrogens with zero attached hydrogens (tertiary/aromatic N) is 4. The Morgan fingerprint density at radius 2 is 1.56 bits per heavy atom. The summed E-state index contributed by atoms with van der Waals surface area (Å²) < 4.78 is 11.5. The van der Waals surface area contributed by atoms with Gasteiger partial charge in [-0.25, -0.2) is 9.97 Å². The summed E-state index contributed by atoms with van der Waals surface area (Å²) in [6, 6.07) is 13.6. The van der Waals surface area contributed by atoms with Crippen molar-refractivity contribution in [3.8, 4) is 11.5 Å². The van der Waals surface area contributed by atoms with Gasteiger partial charge in [0.1, 0.15) is 17.8 Å². The first-order chi connectivity index (χ1) is 18.9. The summed E-state index contributed by atoms with van der Waals surface area (Å²) in [5.41, 5.74) is 2.99. The van der Waals surface area contributed by atoms with E-state index in [9.17, 15) is 4.79 Å². The summed E-state index contributed by atoms with van der Waals surface area (Å²) in [6.45, 7) is 9.40. The molecule has 0 bridgehead atoms. The molecule has 3 heterocycles. The fourth-order valence-electron chi connectivity index (χ4n) is 5.17. The van der Waals surface area contributed by atoms with Crippen LogP contribution in [0.3, 0.4) is 0 Å². The second-order valence-corrected chi connectivity index (χ2v) is 11.0. The zero-order valence-corrected chi connectivity index (χ0v) is 23.8. The van der Waals surface area contributed by atoms with Crippen LogP contribution in [0.25, 0.3) is 10.9 Å². The molecule has 210 valence electrons. The third-order valence-electron chi connectivity index (χ3n) is 7.52. The van der Waals surface area contributed by atoms with Crippen molar-refractivity contribution in [1.29, 1.82) is 0 Å². The summed E-state index contributed by atoms with van der Waals surface area (Å²) in [6.07, 6.45) is 7.35. The van der Waals surface area contributed by atoms with Crippen molar-refractivity contribution in [2.24, 2.45) is 5.92 Å². The van der Waals surface area contributed by atoms with Gasteiger partial charge in [0.25, 0.3) is 0 Å². The van der Waals surface area contributed by atoms with E-state index >= 15 is 0 Å². The lowest BCUT2D eigenvalue weighted by Gasteiger charge is -2.29. The Bertz CT molecular complexity index is 1170. The smallest absolute Gasteiger partial charge is 0.211 e. The molecule has 0 aliphatic carbocycles. The first kappa shape index (κ1) is 28.8. The van der Waals surface area contributed by atoms with E-state index in [0.717, 1.165) is 42.4 Å². The van der Waals surface area contributed by atoms with Gasteiger partial charge in [-0.1, -0.05) is 0 Å². The van der Waals surface area contributed by atoms with Crippen LogP contribution in [-0.4, -0.2) is 79.2 Å². The van der Waals surface area contributed by atoms with Gasteiger partial charge in [-0.15, -0.1) is 0 Å². The fourth-order valence-corrected chi connectivity index (χ4v) is 5.17. The maximum atomic E-state index is 10.1. The minimum atomic E-state index is 0.171. The summed E-state index contributed by atoms with van der Waals surface area (Å²) in [7, 11) is 4.39. The van der Waals surface area contributed by atoms with Gasteiger partial charge in [-0.05, 0) is 122 Å². The lowest BCUT2D eigenvalue weighted by Crippen LogP contribution is -2.32. The average molecular weight is 534 g/mol. The highest BCUT2D eigenvalue weighted by molar-refractivity contribution is 5.82. The van der Waals surface area contributed by atoms with Crippen LogP contribution in [0.1, 0.15) is 51.1 Å². The molecule has 0 atom stereocenters. The van der Waals surface area contributed by atoms with Crippen LogP contribution in [0.15, 0.2) is 48.8 Å². The summed E-state index contributed by atoms with van der Waals surface area (Å²) in [4.78, 5) is 24.0. The van der Waals surface area contributed by atoms with Crippen LogP contribution in [0.2, 0.25) is 0 Å². The molecule has 3 aromatic rings. The van der Waals surface area contributed by atoms with Gasteiger partial charge in [0.2, 0.25) is 6.41 Å². The number of ether oxygens (including phenoxy) is 2. The predicted octanol–water partition coefficient (Wildman–Crippen LogP) is 5.20. The second-order valence-electron chi connectivity index (χ2n) is 11.0. The Morgan fingerprint density at radius 1 is 0.923 bits per heavy atom. The van der Waals surface area contributed by atoms with Crippen molar-refractivity contribution in [2.75, 3.05) is 52.2 Å². The van der Waals surface area contributed by atoms with E-state index in [1.165, 1.54) is 49.9 Å². The molecule has 2 saturated heterocycles. The molecule has 1 amide bonds. The van der Waals surface area contributed by atoms with Crippen molar-refractivity contribution in [2.45, 2.75) is 51.6 Å². The number of carbonyl (C=O) groups is 1. The number of nitrogens with one attached hydrogen (secondary N) is 1. The van der Waals surface area contributed by atoms with Gasteiger partial charge < -0.3 is 24.6 Å². The van der Waals surface area contributed by atoms with Crippen molar-refractivity contribution in [3.63, 3.8) is 0 Å². The Hall–Kier alpha value is -3.23. The van der Waals surface area contributed by atoms with E-state index < -0.39 is 0 Å².